The van der Waals surface area contributed by atoms with E-state index in [1.165, 1.54) is 11.3 Å². The number of hydrogen-bond acceptors (Lipinski definition) is 4. The summed E-state index contributed by atoms with van der Waals surface area (Å²) >= 11 is 1.51. The maximum absolute atomic E-state index is 11.0. The Bertz CT molecular complexity index is 452. The van der Waals surface area contributed by atoms with Crippen LogP contribution >= 0.6 is 11.3 Å². The van der Waals surface area contributed by atoms with Gasteiger partial charge >= 0.3 is 0 Å². The highest BCUT2D eigenvalue weighted by molar-refractivity contribution is 7.16. The fourth-order valence-electron chi connectivity index (χ4n) is 1.06. The molecule has 2 aromatic rings. The van der Waals surface area contributed by atoms with E-state index in [-0.39, 0.29) is 0 Å². The van der Waals surface area contributed by atoms with Crippen molar-refractivity contribution in [2.24, 2.45) is 0 Å². The fourth-order valence-corrected chi connectivity index (χ4v) is 1.72. The number of nitrogens with one attached hydrogen (secondary N) is 1. The largest absolute Gasteiger partial charge is 0.288 e. The molecular weight excluding hydrogens is 188 g/mol. The van der Waals surface area contributed by atoms with Crippen molar-refractivity contribution in [1.29, 1.82) is 0 Å². The van der Waals surface area contributed by atoms with Crippen molar-refractivity contribution in [1.82, 2.24) is 10.5 Å². The van der Waals surface area contributed by atoms with Crippen molar-refractivity contribution in [2.75, 3.05) is 0 Å². The highest BCUT2D eigenvalue weighted by Crippen LogP contribution is 2.18. The molecule has 1 heterocycles. The zero-order valence-electron chi connectivity index (χ0n) is 6.52. The van der Waals surface area contributed by atoms with Gasteiger partial charge < -0.3 is 0 Å². The van der Waals surface area contributed by atoms with Crippen molar-refractivity contribution in [3.8, 4) is 0 Å². The van der Waals surface area contributed by atoms with Crippen molar-refractivity contribution in [3.63, 3.8) is 0 Å². The van der Waals surface area contributed by atoms with Crippen LogP contribution in [0.4, 0.5) is 0 Å². The van der Waals surface area contributed by atoms with Crippen molar-refractivity contribution in [3.05, 3.63) is 29.3 Å². The van der Waals surface area contributed by atoms with Crippen LogP contribution in [-0.4, -0.2) is 16.1 Å². The van der Waals surface area contributed by atoms with Gasteiger partial charge in [-0.15, -0.1) is 11.3 Å². The molecule has 0 saturated heterocycles. The number of hydroxylamine groups is 1. The average Bonchev–Trinajstić information content (AvgIpc) is 2.63. The predicted molar refractivity (Wildman–Crippen MR) is 48.9 cm³/mol. The summed E-state index contributed by atoms with van der Waals surface area (Å²) in [5, 5.41) is 8.39. The third-order valence-electron chi connectivity index (χ3n) is 1.69. The smallest absolute Gasteiger partial charge is 0.274 e. The van der Waals surface area contributed by atoms with Crippen LogP contribution in [0, 0.1) is 0 Å². The van der Waals surface area contributed by atoms with Gasteiger partial charge in [-0.25, -0.2) is 10.5 Å². The molecule has 4 nitrogen and oxygen atoms in total. The average molecular weight is 194 g/mol. The Hall–Kier alpha value is -1.46. The number of nitrogens with zero attached hydrogens (tertiary/aromatic N) is 1. The van der Waals surface area contributed by atoms with Gasteiger partial charge in [-0.05, 0) is 18.2 Å². The minimum Gasteiger partial charge on any atom is -0.288 e. The molecule has 1 aromatic carbocycles. The number of hydrogen-bond donors (Lipinski definition) is 2. The minimum absolute atomic E-state index is 0.404. The standard InChI is InChI=1S/C8H6N2O2S/c11-8(10-12)5-1-2-7-6(3-5)9-4-13-7/h1-4,12H,(H,10,11). The van der Waals surface area contributed by atoms with E-state index in [1.807, 2.05) is 0 Å². The summed E-state index contributed by atoms with van der Waals surface area (Å²) in [5.74, 6) is -0.519. The van der Waals surface area contributed by atoms with Gasteiger partial charge in [0.25, 0.3) is 5.91 Å². The van der Waals surface area contributed by atoms with Crippen molar-refractivity contribution in [2.45, 2.75) is 0 Å². The molecule has 0 aliphatic carbocycles. The van der Waals surface area contributed by atoms with Gasteiger partial charge in [0.1, 0.15) is 0 Å². The Morgan fingerprint density at radius 1 is 1.54 bits per heavy atom. The molecule has 0 saturated carbocycles. The van der Waals surface area contributed by atoms with E-state index in [1.54, 1.807) is 29.2 Å². The summed E-state index contributed by atoms with van der Waals surface area (Å²) in [6.07, 6.45) is 0. The Morgan fingerprint density at radius 2 is 2.38 bits per heavy atom. The number of amides is 1. The summed E-state index contributed by atoms with van der Waals surface area (Å²) in [4.78, 5) is 15.0. The van der Waals surface area contributed by atoms with Crippen LogP contribution in [0.3, 0.4) is 0 Å². The summed E-state index contributed by atoms with van der Waals surface area (Å²) in [6, 6.07) is 5.08. The summed E-state index contributed by atoms with van der Waals surface area (Å²) < 4.78 is 1.02. The number of carbonyl (C=O) groups excluding carboxylic acids is 1. The first-order valence-corrected chi connectivity index (χ1v) is 4.47. The van der Waals surface area contributed by atoms with E-state index in [0.29, 0.717) is 5.56 Å². The van der Waals surface area contributed by atoms with Crippen LogP contribution in [0.15, 0.2) is 23.7 Å². The molecule has 0 fully saturated rings. The van der Waals surface area contributed by atoms with Gasteiger partial charge in [-0.3, -0.25) is 10.0 Å². The predicted octanol–water partition coefficient (Wildman–Crippen LogP) is 1.42. The summed E-state index contributed by atoms with van der Waals surface area (Å²) in [7, 11) is 0. The second kappa shape index (κ2) is 3.12. The zero-order valence-corrected chi connectivity index (χ0v) is 7.34. The Morgan fingerprint density at radius 3 is 3.15 bits per heavy atom. The molecule has 2 rings (SSSR count). The molecule has 0 unspecified atom stereocenters. The van der Waals surface area contributed by atoms with E-state index in [9.17, 15) is 4.79 Å². The first kappa shape index (κ1) is 8.15. The summed E-state index contributed by atoms with van der Waals surface area (Å²) in [5.41, 5.74) is 4.46. The first-order chi connectivity index (χ1) is 6.31. The van der Waals surface area contributed by atoms with Crippen LogP contribution < -0.4 is 5.48 Å². The minimum atomic E-state index is -0.519. The fraction of sp³-hybridized carbons (Fsp3) is 0. The molecule has 0 aliphatic heterocycles. The number of fused-ring (bicyclic) bond motifs is 1. The van der Waals surface area contributed by atoms with E-state index in [4.69, 9.17) is 5.21 Å². The van der Waals surface area contributed by atoms with Gasteiger partial charge in [-0.2, -0.15) is 0 Å². The normalized spacial score (nSPS) is 10.2. The van der Waals surface area contributed by atoms with Gasteiger partial charge in [0.05, 0.1) is 15.7 Å². The molecule has 1 aromatic heterocycles. The van der Waals surface area contributed by atoms with E-state index in [2.05, 4.69) is 4.98 Å². The second-order valence-corrected chi connectivity index (χ2v) is 3.36. The second-order valence-electron chi connectivity index (χ2n) is 2.48. The monoisotopic (exact) mass is 194 g/mol. The van der Waals surface area contributed by atoms with E-state index < -0.39 is 5.91 Å². The molecule has 2 N–H and O–H groups in total. The lowest BCUT2D eigenvalue weighted by molar-refractivity contribution is 0.0706. The molecule has 0 aliphatic rings. The summed E-state index contributed by atoms with van der Waals surface area (Å²) in [6.45, 7) is 0. The van der Waals surface area contributed by atoms with Crippen LogP contribution in [0.25, 0.3) is 10.2 Å². The Labute approximate surface area is 77.8 Å². The van der Waals surface area contributed by atoms with E-state index in [0.717, 1.165) is 10.2 Å². The quantitative estimate of drug-likeness (QED) is 0.533. The third kappa shape index (κ3) is 1.39. The molecule has 0 radical (unpaired) electrons. The molecule has 0 spiro atoms. The van der Waals surface area contributed by atoms with Gasteiger partial charge in [0, 0.05) is 5.56 Å². The van der Waals surface area contributed by atoms with Crippen LogP contribution in [0.5, 0.6) is 0 Å². The molecule has 13 heavy (non-hydrogen) atoms. The number of benzene rings is 1. The van der Waals surface area contributed by atoms with Gasteiger partial charge in [-0.1, -0.05) is 0 Å². The maximum atomic E-state index is 11.0. The number of rotatable bonds is 1. The van der Waals surface area contributed by atoms with Crippen molar-refractivity contribution < 1.29 is 10.0 Å². The van der Waals surface area contributed by atoms with Gasteiger partial charge in [0.2, 0.25) is 0 Å². The number of aromatic nitrogens is 1. The topological polar surface area (TPSA) is 62.2 Å². The first-order valence-electron chi connectivity index (χ1n) is 3.59. The lowest BCUT2D eigenvalue weighted by Gasteiger charge is -1.96. The number of carbonyl (C=O) groups is 1. The molecule has 1 amide bonds. The van der Waals surface area contributed by atoms with E-state index >= 15 is 0 Å². The highest BCUT2D eigenvalue weighted by Gasteiger charge is 2.05. The zero-order chi connectivity index (χ0) is 9.26. The SMILES string of the molecule is O=C(NO)c1ccc2scnc2c1. The van der Waals surface area contributed by atoms with Crippen LogP contribution in [-0.2, 0) is 0 Å². The molecule has 66 valence electrons. The Balaban J connectivity index is 2.54. The molecule has 0 atom stereocenters. The lowest BCUT2D eigenvalue weighted by Crippen LogP contribution is -2.18. The molecular formula is C8H6N2O2S. The van der Waals surface area contributed by atoms with Crippen LogP contribution in [0.1, 0.15) is 10.4 Å². The number of thiazole rings is 1. The van der Waals surface area contributed by atoms with Gasteiger partial charge in [0.15, 0.2) is 0 Å². The maximum Gasteiger partial charge on any atom is 0.274 e. The Kier molecular flexibility index (Phi) is 1.96. The molecule has 5 heteroatoms. The third-order valence-corrected chi connectivity index (χ3v) is 2.50. The van der Waals surface area contributed by atoms with Crippen molar-refractivity contribution >= 4 is 27.5 Å². The van der Waals surface area contributed by atoms with Crippen LogP contribution in [0.2, 0.25) is 0 Å². The highest BCUT2D eigenvalue weighted by atomic mass is 32.1. The molecule has 0 bridgehead atoms. The lowest BCUT2D eigenvalue weighted by atomic mass is 10.2.